The first-order valence-electron chi connectivity index (χ1n) is 10.9. The number of carbonyl (C=O) groups excluding carboxylic acids is 3. The van der Waals surface area contributed by atoms with E-state index in [0.29, 0.717) is 29.2 Å². The summed E-state index contributed by atoms with van der Waals surface area (Å²) >= 11 is 1.29. The van der Waals surface area contributed by atoms with Crippen LogP contribution in [-0.2, 0) is 25.8 Å². The van der Waals surface area contributed by atoms with Crippen molar-refractivity contribution in [2.24, 2.45) is 0 Å². The van der Waals surface area contributed by atoms with E-state index in [4.69, 9.17) is 4.74 Å². The van der Waals surface area contributed by atoms with Crippen LogP contribution in [0.4, 0.5) is 11.4 Å². The van der Waals surface area contributed by atoms with Crippen LogP contribution >= 0.6 is 11.8 Å². The second kappa shape index (κ2) is 8.87. The van der Waals surface area contributed by atoms with Crippen LogP contribution in [0.25, 0.3) is 0 Å². The summed E-state index contributed by atoms with van der Waals surface area (Å²) in [6, 6.07) is 24.0. The SMILES string of the molecule is COc1ccc(N2C(=O)CS[C@]23C(=O)N(CC(=O)NCc2ccccc2)c2ccccc23)cc1. The largest absolute Gasteiger partial charge is 0.497 e. The highest BCUT2D eigenvalue weighted by Crippen LogP contribution is 2.55. The third kappa shape index (κ3) is 3.60. The Labute approximate surface area is 201 Å². The van der Waals surface area contributed by atoms with Gasteiger partial charge in [0, 0.05) is 17.8 Å². The van der Waals surface area contributed by atoms with Crippen LogP contribution in [0, 0.1) is 0 Å². The van der Waals surface area contributed by atoms with E-state index < -0.39 is 4.87 Å². The summed E-state index contributed by atoms with van der Waals surface area (Å²) in [6.45, 7) is 0.245. The fourth-order valence-electron chi connectivity index (χ4n) is 4.44. The number of hydrogen-bond donors (Lipinski definition) is 1. The highest BCUT2D eigenvalue weighted by Gasteiger charge is 2.61. The number of para-hydroxylation sites is 1. The van der Waals surface area contributed by atoms with Gasteiger partial charge in [0.2, 0.25) is 16.7 Å². The third-order valence-corrected chi connectivity index (χ3v) is 7.41. The van der Waals surface area contributed by atoms with E-state index in [1.165, 1.54) is 16.7 Å². The topological polar surface area (TPSA) is 79.0 Å². The lowest BCUT2D eigenvalue weighted by molar-refractivity contribution is -0.125. The number of nitrogens with one attached hydrogen (secondary N) is 1. The predicted molar refractivity (Wildman–Crippen MR) is 132 cm³/mol. The third-order valence-electron chi connectivity index (χ3n) is 6.03. The van der Waals surface area contributed by atoms with Gasteiger partial charge in [-0.15, -0.1) is 11.8 Å². The Kier molecular flexibility index (Phi) is 5.75. The van der Waals surface area contributed by atoms with Crippen LogP contribution in [0.5, 0.6) is 5.75 Å². The molecule has 0 saturated carbocycles. The molecule has 3 aromatic carbocycles. The molecule has 5 rings (SSSR count). The number of amides is 3. The second-order valence-electron chi connectivity index (χ2n) is 8.03. The Hall–Kier alpha value is -3.78. The molecular formula is C26H23N3O4S. The van der Waals surface area contributed by atoms with Crippen LogP contribution in [0.2, 0.25) is 0 Å². The number of thioether (sulfide) groups is 1. The number of carbonyl (C=O) groups is 3. The van der Waals surface area contributed by atoms with Crippen LogP contribution in [-0.4, -0.2) is 37.1 Å². The highest BCUT2D eigenvalue weighted by atomic mass is 32.2. The molecule has 0 bridgehead atoms. The molecule has 1 spiro atoms. The van der Waals surface area contributed by atoms with E-state index >= 15 is 0 Å². The summed E-state index contributed by atoms with van der Waals surface area (Å²) in [4.78, 5) is 41.6. The number of anilines is 2. The van der Waals surface area contributed by atoms with E-state index in [0.717, 1.165) is 5.56 Å². The molecule has 8 heteroatoms. The second-order valence-corrected chi connectivity index (χ2v) is 9.20. The molecule has 1 fully saturated rings. The minimum atomic E-state index is -1.25. The Morgan fingerprint density at radius 3 is 2.44 bits per heavy atom. The first-order chi connectivity index (χ1) is 16.5. The maximum atomic E-state index is 14.0. The van der Waals surface area contributed by atoms with Crippen molar-refractivity contribution < 1.29 is 19.1 Å². The summed E-state index contributed by atoms with van der Waals surface area (Å²) in [6.07, 6.45) is 0. The Bertz CT molecular complexity index is 1250. The van der Waals surface area contributed by atoms with Crippen molar-refractivity contribution in [3.63, 3.8) is 0 Å². The average Bonchev–Trinajstić information content (AvgIpc) is 3.34. The molecule has 172 valence electrons. The smallest absolute Gasteiger partial charge is 0.269 e. The quantitative estimate of drug-likeness (QED) is 0.595. The number of benzene rings is 3. The zero-order chi connectivity index (χ0) is 23.7. The van der Waals surface area contributed by atoms with Gasteiger partial charge >= 0.3 is 0 Å². The first kappa shape index (κ1) is 22.0. The van der Waals surface area contributed by atoms with Crippen LogP contribution < -0.4 is 19.9 Å². The molecule has 0 aromatic heterocycles. The maximum absolute atomic E-state index is 14.0. The van der Waals surface area contributed by atoms with E-state index in [2.05, 4.69) is 5.32 Å². The molecule has 7 nitrogen and oxygen atoms in total. The fourth-order valence-corrected chi connectivity index (χ4v) is 5.80. The summed E-state index contributed by atoms with van der Waals surface area (Å²) in [7, 11) is 1.57. The monoisotopic (exact) mass is 473 g/mol. The van der Waals surface area contributed by atoms with Crippen LogP contribution in [0.1, 0.15) is 11.1 Å². The molecule has 3 aromatic rings. The predicted octanol–water partition coefficient (Wildman–Crippen LogP) is 3.29. The highest BCUT2D eigenvalue weighted by molar-refractivity contribution is 8.02. The van der Waals surface area contributed by atoms with Gasteiger partial charge in [-0.1, -0.05) is 48.5 Å². The van der Waals surface area contributed by atoms with Crippen molar-refractivity contribution in [1.29, 1.82) is 0 Å². The Morgan fingerprint density at radius 2 is 1.71 bits per heavy atom. The zero-order valence-electron chi connectivity index (χ0n) is 18.6. The van der Waals surface area contributed by atoms with Gasteiger partial charge in [0.1, 0.15) is 12.3 Å². The van der Waals surface area contributed by atoms with Gasteiger partial charge in [-0.25, -0.2) is 0 Å². The summed E-state index contributed by atoms with van der Waals surface area (Å²) in [5.41, 5.74) is 2.93. The van der Waals surface area contributed by atoms with Gasteiger partial charge in [-0.2, -0.15) is 0 Å². The summed E-state index contributed by atoms with van der Waals surface area (Å²) < 4.78 is 5.24. The molecule has 2 heterocycles. The molecule has 1 atom stereocenters. The molecule has 0 radical (unpaired) electrons. The first-order valence-corrected chi connectivity index (χ1v) is 11.9. The van der Waals surface area contributed by atoms with Gasteiger partial charge in [0.15, 0.2) is 0 Å². The fraction of sp³-hybridized carbons (Fsp3) is 0.192. The molecule has 2 aliphatic heterocycles. The van der Waals surface area contributed by atoms with Crippen LogP contribution in [0.3, 0.4) is 0 Å². The summed E-state index contributed by atoms with van der Waals surface area (Å²) in [5.74, 6) is 0.102. The van der Waals surface area contributed by atoms with E-state index in [1.807, 2.05) is 54.6 Å². The van der Waals surface area contributed by atoms with Gasteiger partial charge in [0.05, 0.1) is 18.6 Å². The lowest BCUT2D eigenvalue weighted by Gasteiger charge is -2.33. The molecular weight excluding hydrogens is 450 g/mol. The number of hydrogen-bond acceptors (Lipinski definition) is 5. The number of ether oxygens (including phenoxy) is 1. The maximum Gasteiger partial charge on any atom is 0.269 e. The number of nitrogens with zero attached hydrogens (tertiary/aromatic N) is 2. The minimum Gasteiger partial charge on any atom is -0.497 e. The molecule has 1 saturated heterocycles. The van der Waals surface area contributed by atoms with Gasteiger partial charge in [0.25, 0.3) is 5.91 Å². The normalized spacial score (nSPS) is 19.0. The van der Waals surface area contributed by atoms with Crippen molar-refractivity contribution in [3.8, 4) is 5.75 Å². The average molecular weight is 474 g/mol. The van der Waals surface area contributed by atoms with Gasteiger partial charge in [-0.05, 0) is 35.9 Å². The Morgan fingerprint density at radius 1 is 1.00 bits per heavy atom. The Balaban J connectivity index is 1.46. The molecule has 2 aliphatic rings. The molecule has 0 aliphatic carbocycles. The lowest BCUT2D eigenvalue weighted by atomic mass is 10.0. The zero-order valence-corrected chi connectivity index (χ0v) is 19.4. The number of fused-ring (bicyclic) bond motifs is 2. The number of rotatable bonds is 6. The van der Waals surface area contributed by atoms with E-state index in [-0.39, 0.29) is 30.0 Å². The minimum absolute atomic E-state index is 0.129. The van der Waals surface area contributed by atoms with E-state index in [9.17, 15) is 14.4 Å². The van der Waals surface area contributed by atoms with Crippen molar-refractivity contribution in [2.75, 3.05) is 29.2 Å². The molecule has 3 amide bonds. The molecule has 1 N–H and O–H groups in total. The van der Waals surface area contributed by atoms with Crippen molar-refractivity contribution in [1.82, 2.24) is 5.32 Å². The van der Waals surface area contributed by atoms with Gasteiger partial charge < -0.3 is 10.1 Å². The standard InChI is InChI=1S/C26H23N3O4S/c1-33-20-13-11-19(12-14-20)29-24(31)17-34-26(29)21-9-5-6-10-22(21)28(25(26)32)16-23(30)27-15-18-7-3-2-4-8-18/h2-14H,15-17H2,1H3,(H,27,30)/t26-/m1/s1. The lowest BCUT2D eigenvalue weighted by Crippen LogP contribution is -2.51. The van der Waals surface area contributed by atoms with Crippen molar-refractivity contribution >= 4 is 40.9 Å². The molecule has 34 heavy (non-hydrogen) atoms. The van der Waals surface area contributed by atoms with Crippen molar-refractivity contribution in [3.05, 3.63) is 90.0 Å². The van der Waals surface area contributed by atoms with Gasteiger partial charge in [-0.3, -0.25) is 24.2 Å². The van der Waals surface area contributed by atoms with E-state index in [1.54, 1.807) is 36.3 Å². The van der Waals surface area contributed by atoms with Crippen molar-refractivity contribution in [2.45, 2.75) is 11.4 Å². The number of methoxy groups -OCH3 is 1. The molecule has 0 unspecified atom stereocenters. The van der Waals surface area contributed by atoms with Crippen LogP contribution in [0.15, 0.2) is 78.9 Å². The summed E-state index contributed by atoms with van der Waals surface area (Å²) in [5, 5.41) is 2.89.